The third-order valence-corrected chi connectivity index (χ3v) is 2.36. The molecular formula is C12H21N3O. The summed E-state index contributed by atoms with van der Waals surface area (Å²) in [5.74, 6) is 0. The molecule has 1 N–H and O–H groups in total. The first-order valence-corrected chi connectivity index (χ1v) is 5.87. The van der Waals surface area contributed by atoms with Crippen LogP contribution < -0.4 is 10.9 Å². The predicted molar refractivity (Wildman–Crippen MR) is 65.6 cm³/mol. The molecule has 16 heavy (non-hydrogen) atoms. The van der Waals surface area contributed by atoms with E-state index >= 15 is 0 Å². The second kappa shape index (κ2) is 6.43. The van der Waals surface area contributed by atoms with Crippen LogP contribution in [0.5, 0.6) is 0 Å². The summed E-state index contributed by atoms with van der Waals surface area (Å²) >= 11 is 0. The topological polar surface area (TPSA) is 46.9 Å². The standard InChI is InChI=1S/C12H21N3O/c1-10(2)13-6-4-5-7-15-12(16)8-11(3)9-14-15/h8-10,13H,4-7H2,1-3H3. The number of aryl methyl sites for hydroxylation is 2. The summed E-state index contributed by atoms with van der Waals surface area (Å²) in [6.45, 7) is 7.85. The molecule has 0 radical (unpaired) electrons. The average molecular weight is 223 g/mol. The van der Waals surface area contributed by atoms with Crippen LogP contribution in [0.2, 0.25) is 0 Å². The number of aromatic nitrogens is 2. The molecule has 0 aliphatic carbocycles. The van der Waals surface area contributed by atoms with Crippen molar-refractivity contribution in [2.75, 3.05) is 6.54 Å². The lowest BCUT2D eigenvalue weighted by atomic mass is 10.3. The molecule has 0 spiro atoms. The maximum absolute atomic E-state index is 11.5. The van der Waals surface area contributed by atoms with E-state index < -0.39 is 0 Å². The summed E-state index contributed by atoms with van der Waals surface area (Å²) in [7, 11) is 0. The highest BCUT2D eigenvalue weighted by molar-refractivity contribution is 5.02. The third kappa shape index (κ3) is 4.57. The van der Waals surface area contributed by atoms with E-state index in [2.05, 4.69) is 24.3 Å². The fraction of sp³-hybridized carbons (Fsp3) is 0.667. The van der Waals surface area contributed by atoms with Gasteiger partial charge in [-0.05, 0) is 31.9 Å². The van der Waals surface area contributed by atoms with Crippen LogP contribution in [0.1, 0.15) is 32.3 Å². The van der Waals surface area contributed by atoms with Crippen molar-refractivity contribution in [3.8, 4) is 0 Å². The molecule has 0 amide bonds. The van der Waals surface area contributed by atoms with Gasteiger partial charge in [-0.2, -0.15) is 5.10 Å². The minimum absolute atomic E-state index is 0.00295. The van der Waals surface area contributed by atoms with Crippen LogP contribution in [0.15, 0.2) is 17.1 Å². The van der Waals surface area contributed by atoms with Gasteiger partial charge in [0.25, 0.3) is 5.56 Å². The van der Waals surface area contributed by atoms with Gasteiger partial charge in [0.15, 0.2) is 0 Å². The molecule has 0 saturated heterocycles. The molecule has 0 unspecified atom stereocenters. The highest BCUT2D eigenvalue weighted by Gasteiger charge is 1.97. The summed E-state index contributed by atoms with van der Waals surface area (Å²) in [6, 6.07) is 2.15. The Balaban J connectivity index is 2.30. The summed E-state index contributed by atoms with van der Waals surface area (Å²) in [5.41, 5.74) is 0.916. The Morgan fingerprint density at radius 3 is 2.81 bits per heavy atom. The van der Waals surface area contributed by atoms with Crippen molar-refractivity contribution in [1.29, 1.82) is 0 Å². The van der Waals surface area contributed by atoms with Gasteiger partial charge in [0.05, 0.1) is 6.20 Å². The Bertz CT molecular complexity index is 371. The van der Waals surface area contributed by atoms with Gasteiger partial charge in [0.1, 0.15) is 0 Å². The molecule has 0 bridgehead atoms. The van der Waals surface area contributed by atoms with Crippen LogP contribution in [0.25, 0.3) is 0 Å². The molecule has 0 aliphatic heterocycles. The summed E-state index contributed by atoms with van der Waals surface area (Å²) < 4.78 is 1.53. The number of rotatable bonds is 6. The van der Waals surface area contributed by atoms with Crippen molar-refractivity contribution in [2.45, 2.75) is 46.2 Å². The van der Waals surface area contributed by atoms with Gasteiger partial charge < -0.3 is 5.32 Å². The van der Waals surface area contributed by atoms with Crippen molar-refractivity contribution in [3.63, 3.8) is 0 Å². The maximum Gasteiger partial charge on any atom is 0.266 e. The Labute approximate surface area is 96.7 Å². The fourth-order valence-corrected chi connectivity index (χ4v) is 1.47. The van der Waals surface area contributed by atoms with E-state index in [1.807, 2.05) is 6.92 Å². The quantitative estimate of drug-likeness (QED) is 0.740. The van der Waals surface area contributed by atoms with Crippen molar-refractivity contribution in [1.82, 2.24) is 15.1 Å². The van der Waals surface area contributed by atoms with Gasteiger partial charge in [-0.1, -0.05) is 13.8 Å². The number of nitrogens with one attached hydrogen (secondary N) is 1. The number of hydrogen-bond acceptors (Lipinski definition) is 3. The fourth-order valence-electron chi connectivity index (χ4n) is 1.47. The lowest BCUT2D eigenvalue weighted by Gasteiger charge is -2.08. The average Bonchev–Trinajstić information content (AvgIpc) is 2.20. The minimum atomic E-state index is -0.00295. The van der Waals surface area contributed by atoms with Gasteiger partial charge in [-0.3, -0.25) is 4.79 Å². The molecular weight excluding hydrogens is 202 g/mol. The molecule has 0 saturated carbocycles. The van der Waals surface area contributed by atoms with Gasteiger partial charge in [0, 0.05) is 18.7 Å². The Kier molecular flexibility index (Phi) is 5.19. The van der Waals surface area contributed by atoms with E-state index in [1.54, 1.807) is 12.3 Å². The molecule has 0 aliphatic rings. The largest absolute Gasteiger partial charge is 0.315 e. The van der Waals surface area contributed by atoms with Crippen molar-refractivity contribution < 1.29 is 0 Å². The first-order valence-electron chi connectivity index (χ1n) is 5.87. The highest BCUT2D eigenvalue weighted by Crippen LogP contribution is 1.92. The smallest absolute Gasteiger partial charge is 0.266 e. The number of unbranched alkanes of at least 4 members (excludes halogenated alkanes) is 1. The van der Waals surface area contributed by atoms with Crippen molar-refractivity contribution in [3.05, 3.63) is 28.2 Å². The Hall–Kier alpha value is -1.16. The van der Waals surface area contributed by atoms with Gasteiger partial charge in [-0.25, -0.2) is 4.68 Å². The first kappa shape index (κ1) is 12.9. The molecule has 0 atom stereocenters. The second-order valence-electron chi connectivity index (χ2n) is 4.41. The van der Waals surface area contributed by atoms with E-state index in [0.717, 1.165) is 24.9 Å². The minimum Gasteiger partial charge on any atom is -0.315 e. The van der Waals surface area contributed by atoms with E-state index in [1.165, 1.54) is 4.68 Å². The normalized spacial score (nSPS) is 11.0. The van der Waals surface area contributed by atoms with Gasteiger partial charge in [0.2, 0.25) is 0 Å². The van der Waals surface area contributed by atoms with Crippen LogP contribution >= 0.6 is 0 Å². The monoisotopic (exact) mass is 223 g/mol. The molecule has 90 valence electrons. The van der Waals surface area contributed by atoms with Crippen LogP contribution in [-0.2, 0) is 6.54 Å². The molecule has 1 aromatic heterocycles. The predicted octanol–water partition coefficient (Wildman–Crippen LogP) is 1.33. The van der Waals surface area contributed by atoms with E-state index in [-0.39, 0.29) is 5.56 Å². The SMILES string of the molecule is Cc1cnn(CCCCNC(C)C)c(=O)c1. The van der Waals surface area contributed by atoms with Crippen LogP contribution in [-0.4, -0.2) is 22.4 Å². The zero-order chi connectivity index (χ0) is 12.0. The molecule has 4 nitrogen and oxygen atoms in total. The van der Waals surface area contributed by atoms with E-state index in [4.69, 9.17) is 0 Å². The second-order valence-corrected chi connectivity index (χ2v) is 4.41. The molecule has 1 rings (SSSR count). The first-order chi connectivity index (χ1) is 7.59. The summed E-state index contributed by atoms with van der Waals surface area (Å²) in [4.78, 5) is 11.5. The molecule has 1 heterocycles. The zero-order valence-corrected chi connectivity index (χ0v) is 10.4. The number of hydrogen-bond donors (Lipinski definition) is 1. The van der Waals surface area contributed by atoms with Crippen LogP contribution in [0.4, 0.5) is 0 Å². The lowest BCUT2D eigenvalue weighted by molar-refractivity contribution is 0.498. The van der Waals surface area contributed by atoms with E-state index in [0.29, 0.717) is 12.6 Å². The molecule has 4 heteroatoms. The van der Waals surface area contributed by atoms with Crippen molar-refractivity contribution >= 4 is 0 Å². The summed E-state index contributed by atoms with van der Waals surface area (Å²) in [5, 5.41) is 7.44. The molecule has 0 aromatic carbocycles. The third-order valence-electron chi connectivity index (χ3n) is 2.36. The molecule has 1 aromatic rings. The van der Waals surface area contributed by atoms with Crippen molar-refractivity contribution in [2.24, 2.45) is 0 Å². The number of nitrogens with zero attached hydrogens (tertiary/aromatic N) is 2. The highest BCUT2D eigenvalue weighted by atomic mass is 16.1. The Morgan fingerprint density at radius 1 is 1.44 bits per heavy atom. The maximum atomic E-state index is 11.5. The lowest BCUT2D eigenvalue weighted by Crippen LogP contribution is -2.25. The van der Waals surface area contributed by atoms with Crippen LogP contribution in [0, 0.1) is 6.92 Å². The molecule has 0 fully saturated rings. The van der Waals surface area contributed by atoms with E-state index in [9.17, 15) is 4.79 Å². The van der Waals surface area contributed by atoms with Gasteiger partial charge >= 0.3 is 0 Å². The Morgan fingerprint density at radius 2 is 2.19 bits per heavy atom. The zero-order valence-electron chi connectivity index (χ0n) is 10.4. The summed E-state index contributed by atoms with van der Waals surface area (Å²) in [6.07, 6.45) is 3.78. The van der Waals surface area contributed by atoms with Crippen LogP contribution in [0.3, 0.4) is 0 Å². The van der Waals surface area contributed by atoms with Gasteiger partial charge in [-0.15, -0.1) is 0 Å².